The van der Waals surface area contributed by atoms with Crippen LogP contribution in [-0.2, 0) is 36.1 Å². The maximum atomic E-state index is 15.4. The molecule has 4 unspecified atom stereocenters. The average molecular weight is 934 g/mol. The first-order chi connectivity index (χ1) is 29.5. The van der Waals surface area contributed by atoms with Crippen LogP contribution in [0.5, 0.6) is 23.0 Å². The first-order valence-electron chi connectivity index (χ1n) is 18.1. The number of halogens is 10. The number of methoxy groups -OCH3 is 2. The SMILES string of the molecule is COc1cc2nc(CCn3c(=O)n4n(c3=O)C3CC5(Cl)C(=O)N(c6c(F)c(F)c(F)c(F)c6F)C(=O)C5(Cl)C(c5cc(OC(F)(F)F)ccc5O)C3=CC4)c(=O)n(C)c2cc1OC. The predicted molar refractivity (Wildman–Crippen MR) is 202 cm³/mol. The molecule has 5 aromatic rings. The van der Waals surface area contributed by atoms with Gasteiger partial charge in [0.2, 0.25) is 5.82 Å². The lowest BCUT2D eigenvalue weighted by Gasteiger charge is -2.49. The number of alkyl halides is 5. The molecule has 332 valence electrons. The number of hydrogen-bond acceptors (Lipinski definition) is 10. The minimum Gasteiger partial charge on any atom is -0.508 e. The van der Waals surface area contributed by atoms with E-state index >= 15 is 8.78 Å². The summed E-state index contributed by atoms with van der Waals surface area (Å²) < 4.78 is 132. The van der Waals surface area contributed by atoms with Gasteiger partial charge < -0.3 is 23.9 Å². The van der Waals surface area contributed by atoms with Crippen LogP contribution in [0.1, 0.15) is 29.6 Å². The lowest BCUT2D eigenvalue weighted by atomic mass is 9.64. The molecular weight excluding hydrogens is 907 g/mol. The Hall–Kier alpha value is -6.36. The van der Waals surface area contributed by atoms with E-state index in [0.29, 0.717) is 34.0 Å². The highest BCUT2D eigenvalue weighted by atomic mass is 35.5. The van der Waals surface area contributed by atoms with Crippen LogP contribution in [0.25, 0.3) is 11.0 Å². The third kappa shape index (κ3) is 6.13. The lowest BCUT2D eigenvalue weighted by Crippen LogP contribution is -2.59. The second-order valence-corrected chi connectivity index (χ2v) is 15.8. The number of phenolic OH excluding ortho intramolecular Hbond substituents is 1. The Morgan fingerprint density at radius 3 is 2.11 bits per heavy atom. The van der Waals surface area contributed by atoms with Crippen molar-refractivity contribution >= 4 is 51.7 Å². The van der Waals surface area contributed by atoms with Crippen molar-refractivity contribution in [2.75, 3.05) is 19.1 Å². The van der Waals surface area contributed by atoms with Gasteiger partial charge in [0, 0.05) is 50.0 Å². The van der Waals surface area contributed by atoms with Gasteiger partial charge in [0.15, 0.2) is 44.5 Å². The summed E-state index contributed by atoms with van der Waals surface area (Å²) in [6, 6.07) is 3.15. The van der Waals surface area contributed by atoms with Crippen molar-refractivity contribution in [1.29, 1.82) is 0 Å². The number of fused-ring (bicyclic) bond motifs is 5. The van der Waals surface area contributed by atoms with E-state index < -0.39 is 133 Å². The van der Waals surface area contributed by atoms with Crippen LogP contribution in [0.15, 0.2) is 56.4 Å². The number of carbonyl (C=O) groups excluding carboxylic acids is 2. The van der Waals surface area contributed by atoms with Crippen molar-refractivity contribution in [2.45, 2.75) is 54.0 Å². The minimum absolute atomic E-state index is 0.111. The van der Waals surface area contributed by atoms with Crippen molar-refractivity contribution in [2.24, 2.45) is 7.05 Å². The molecule has 15 nitrogen and oxygen atoms in total. The van der Waals surface area contributed by atoms with Crippen LogP contribution >= 0.6 is 23.2 Å². The molecule has 0 radical (unpaired) electrons. The van der Waals surface area contributed by atoms with Gasteiger partial charge in [0.1, 0.15) is 22.9 Å². The van der Waals surface area contributed by atoms with Gasteiger partial charge in [-0.1, -0.05) is 6.08 Å². The van der Waals surface area contributed by atoms with Crippen molar-refractivity contribution in [1.82, 2.24) is 23.5 Å². The fourth-order valence-electron chi connectivity index (χ4n) is 8.46. The third-order valence-corrected chi connectivity index (χ3v) is 12.7. The Morgan fingerprint density at radius 1 is 0.873 bits per heavy atom. The molecule has 1 saturated carbocycles. The lowest BCUT2D eigenvalue weighted by molar-refractivity contribution is -0.274. The molecule has 4 atom stereocenters. The molecule has 1 N–H and O–H groups in total. The fourth-order valence-corrected chi connectivity index (χ4v) is 9.37. The Kier molecular flexibility index (Phi) is 10.0. The molecule has 3 aromatic carbocycles. The number of phenols is 1. The van der Waals surface area contributed by atoms with Crippen molar-refractivity contribution in [3.8, 4) is 23.0 Å². The van der Waals surface area contributed by atoms with Crippen LogP contribution in [-0.4, -0.2) is 70.7 Å². The van der Waals surface area contributed by atoms with E-state index in [1.807, 2.05) is 0 Å². The van der Waals surface area contributed by atoms with Gasteiger partial charge in [-0.3, -0.25) is 14.4 Å². The number of carbonyl (C=O) groups is 2. The minimum atomic E-state index is -5.34. The number of aromatic hydroxyl groups is 1. The van der Waals surface area contributed by atoms with Gasteiger partial charge in [-0.2, -0.15) is 0 Å². The standard InChI is InChI=1S/C38H26Cl2F8N6O9/c1-50-19-12-23(62-3)22(61-2)11-18(19)49-17(31(50)56)7-8-51-34(59)52-9-6-15-20(54(52)35(51)60)13-36(39)32(57)53(30-28(44)26(42)25(41)27(43)29(30)45)33(58)37(36,40)24(15)16-10-14(4-5-21(16)55)63-38(46,47)48/h4-6,10-12,20,24,55H,7-9,13H2,1-3H3. The van der Waals surface area contributed by atoms with E-state index in [2.05, 4.69) is 9.72 Å². The number of nitrogens with zero attached hydrogens (tertiary/aromatic N) is 6. The zero-order chi connectivity index (χ0) is 46.0. The van der Waals surface area contributed by atoms with Crippen molar-refractivity contribution in [3.05, 3.63) is 114 Å². The number of benzene rings is 3. The monoisotopic (exact) mass is 932 g/mol. The predicted octanol–water partition coefficient (Wildman–Crippen LogP) is 4.82. The summed E-state index contributed by atoms with van der Waals surface area (Å²) in [7, 11) is 4.20. The van der Waals surface area contributed by atoms with E-state index in [9.17, 15) is 55.4 Å². The molecule has 63 heavy (non-hydrogen) atoms. The highest BCUT2D eigenvalue weighted by Gasteiger charge is 2.76. The van der Waals surface area contributed by atoms with Crippen LogP contribution in [0.2, 0.25) is 0 Å². The molecule has 2 amide bonds. The number of imide groups is 1. The maximum Gasteiger partial charge on any atom is 0.573 e. The highest BCUT2D eigenvalue weighted by molar-refractivity contribution is 6.58. The number of hydrogen-bond donors (Lipinski definition) is 1. The van der Waals surface area contributed by atoms with Crippen LogP contribution < -0.4 is 36.0 Å². The van der Waals surface area contributed by atoms with Crippen molar-refractivity contribution < 1.29 is 64.0 Å². The number of allylic oxidation sites excluding steroid dienone is 2. The molecule has 2 fully saturated rings. The Bertz CT molecular complexity index is 3050. The Morgan fingerprint density at radius 2 is 1.49 bits per heavy atom. The molecule has 0 bridgehead atoms. The molecule has 1 saturated heterocycles. The number of ether oxygens (including phenoxy) is 3. The molecule has 0 spiro atoms. The second kappa shape index (κ2) is 14.6. The van der Waals surface area contributed by atoms with E-state index in [-0.39, 0.29) is 29.0 Å². The van der Waals surface area contributed by atoms with Gasteiger partial charge in [0.25, 0.3) is 17.4 Å². The number of rotatable bonds is 8. The number of aromatic nitrogens is 5. The molecule has 2 aliphatic heterocycles. The smallest absolute Gasteiger partial charge is 0.508 e. The van der Waals surface area contributed by atoms with E-state index in [1.165, 1.54) is 44.0 Å². The van der Waals surface area contributed by atoms with Gasteiger partial charge in [-0.25, -0.2) is 55.4 Å². The third-order valence-electron chi connectivity index (χ3n) is 11.3. The summed E-state index contributed by atoms with van der Waals surface area (Å²) in [6.45, 7) is -1.07. The maximum absolute atomic E-state index is 15.4. The summed E-state index contributed by atoms with van der Waals surface area (Å²) in [4.78, 5) is 68.2. The van der Waals surface area contributed by atoms with Gasteiger partial charge in [-0.15, -0.1) is 36.4 Å². The molecule has 4 heterocycles. The Balaban J connectivity index is 1.28. The summed E-state index contributed by atoms with van der Waals surface area (Å²) >= 11 is 14.0. The van der Waals surface area contributed by atoms with E-state index in [1.54, 1.807) is 0 Å². The normalized spacial score (nSPS) is 21.9. The summed E-state index contributed by atoms with van der Waals surface area (Å²) in [5.74, 6) is -20.6. The summed E-state index contributed by atoms with van der Waals surface area (Å²) in [5.41, 5.74) is -5.39. The van der Waals surface area contributed by atoms with Crippen LogP contribution in [0.3, 0.4) is 0 Å². The highest BCUT2D eigenvalue weighted by Crippen LogP contribution is 2.65. The first kappa shape index (κ1) is 43.3. The average Bonchev–Trinajstić information content (AvgIpc) is 3.56. The van der Waals surface area contributed by atoms with Gasteiger partial charge in [-0.05, 0) is 23.8 Å². The first-order valence-corrected chi connectivity index (χ1v) is 18.9. The number of aryl methyl sites for hydroxylation is 2. The van der Waals surface area contributed by atoms with Crippen LogP contribution in [0, 0.1) is 29.1 Å². The largest absolute Gasteiger partial charge is 0.573 e. The zero-order valence-corrected chi connectivity index (χ0v) is 33.6. The molecule has 3 aliphatic rings. The topological polar surface area (TPSA) is 169 Å². The molecule has 25 heteroatoms. The van der Waals surface area contributed by atoms with Gasteiger partial charge >= 0.3 is 17.7 Å². The van der Waals surface area contributed by atoms with E-state index in [4.69, 9.17) is 32.7 Å². The molecule has 8 rings (SSSR count). The molecule has 1 aliphatic carbocycles. The summed E-state index contributed by atoms with van der Waals surface area (Å²) in [5, 5.41) is 11.1. The van der Waals surface area contributed by atoms with Crippen molar-refractivity contribution in [3.63, 3.8) is 0 Å². The summed E-state index contributed by atoms with van der Waals surface area (Å²) in [6.07, 6.45) is -5.56. The van der Waals surface area contributed by atoms with Crippen LogP contribution in [0.4, 0.5) is 40.8 Å². The van der Waals surface area contributed by atoms with E-state index in [0.717, 1.165) is 9.36 Å². The molecular formula is C38H26Cl2F8N6O9. The fraction of sp³-hybridized carbons (Fsp3) is 0.316. The quantitative estimate of drug-likeness (QED) is 0.0569. The van der Waals surface area contributed by atoms with Gasteiger partial charge in [0.05, 0.1) is 37.8 Å². The number of anilines is 1. The molecule has 2 aromatic heterocycles. The second-order valence-electron chi connectivity index (χ2n) is 14.5. The Labute approximate surface area is 355 Å². The zero-order valence-electron chi connectivity index (χ0n) is 32.1. The number of amides is 2.